The van der Waals surface area contributed by atoms with Crippen molar-refractivity contribution in [3.63, 3.8) is 0 Å². The number of esters is 1. The number of amides is 1. The minimum Gasteiger partial charge on any atom is -0.452 e. The molecular weight excluding hydrogens is 268 g/mol. The molecule has 21 heavy (non-hydrogen) atoms. The van der Waals surface area contributed by atoms with Crippen LogP contribution in [0.25, 0.3) is 0 Å². The number of ether oxygens (including phenoxy) is 1. The highest BCUT2D eigenvalue weighted by molar-refractivity contribution is 5.95. The quantitative estimate of drug-likeness (QED) is 0.876. The lowest BCUT2D eigenvalue weighted by molar-refractivity contribution is -0.119. The summed E-state index contributed by atoms with van der Waals surface area (Å²) in [5.41, 5.74) is 2.78. The number of para-hydroxylation sites is 1. The van der Waals surface area contributed by atoms with E-state index in [-0.39, 0.29) is 12.5 Å². The van der Waals surface area contributed by atoms with Crippen LogP contribution in [0, 0.1) is 13.8 Å². The number of rotatable bonds is 4. The van der Waals surface area contributed by atoms with Crippen molar-refractivity contribution in [2.24, 2.45) is 0 Å². The fraction of sp³-hybridized carbons (Fsp3) is 0.188. The number of nitrogens with zero attached hydrogens (tertiary/aromatic N) is 1. The van der Waals surface area contributed by atoms with E-state index in [9.17, 15) is 9.59 Å². The summed E-state index contributed by atoms with van der Waals surface area (Å²) in [4.78, 5) is 27.5. The van der Waals surface area contributed by atoms with Gasteiger partial charge in [-0.15, -0.1) is 0 Å². The van der Waals surface area contributed by atoms with Gasteiger partial charge in [-0.05, 0) is 37.6 Å². The Labute approximate surface area is 123 Å². The Morgan fingerprint density at radius 2 is 1.90 bits per heavy atom. The van der Waals surface area contributed by atoms with Crippen molar-refractivity contribution in [2.45, 2.75) is 13.8 Å². The van der Waals surface area contributed by atoms with Crippen molar-refractivity contribution in [1.82, 2.24) is 4.98 Å². The molecule has 2 rings (SSSR count). The van der Waals surface area contributed by atoms with Gasteiger partial charge in [0.1, 0.15) is 0 Å². The molecule has 108 valence electrons. The lowest BCUT2D eigenvalue weighted by Gasteiger charge is -2.08. The first-order valence-electron chi connectivity index (χ1n) is 6.51. The Hall–Kier alpha value is -2.69. The van der Waals surface area contributed by atoms with Gasteiger partial charge in [0.2, 0.25) is 0 Å². The smallest absolute Gasteiger partial charge is 0.340 e. The molecule has 0 fully saturated rings. The fourth-order valence-corrected chi connectivity index (χ4v) is 1.70. The summed E-state index contributed by atoms with van der Waals surface area (Å²) in [6, 6.07) is 10.7. The highest BCUT2D eigenvalue weighted by atomic mass is 16.5. The second-order valence-electron chi connectivity index (χ2n) is 4.63. The number of nitrogens with one attached hydrogen (secondary N) is 1. The predicted molar refractivity (Wildman–Crippen MR) is 79.1 cm³/mol. The summed E-state index contributed by atoms with van der Waals surface area (Å²) in [5.74, 6) is -0.944. The van der Waals surface area contributed by atoms with Crippen molar-refractivity contribution in [1.29, 1.82) is 0 Å². The fourth-order valence-electron chi connectivity index (χ4n) is 1.70. The third-order valence-corrected chi connectivity index (χ3v) is 2.90. The summed E-state index contributed by atoms with van der Waals surface area (Å²) in [6.07, 6.45) is 1.43. The molecule has 0 spiro atoms. The van der Waals surface area contributed by atoms with E-state index in [2.05, 4.69) is 10.3 Å². The third-order valence-electron chi connectivity index (χ3n) is 2.90. The molecule has 5 nitrogen and oxygen atoms in total. The van der Waals surface area contributed by atoms with E-state index in [4.69, 9.17) is 4.74 Å². The van der Waals surface area contributed by atoms with Crippen molar-refractivity contribution < 1.29 is 14.3 Å². The van der Waals surface area contributed by atoms with Crippen molar-refractivity contribution in [3.05, 3.63) is 59.4 Å². The lowest BCUT2D eigenvalue weighted by atomic mass is 10.2. The minimum absolute atomic E-state index is 0.323. The summed E-state index contributed by atoms with van der Waals surface area (Å²) in [7, 11) is 0. The Morgan fingerprint density at radius 1 is 1.14 bits per heavy atom. The first-order chi connectivity index (χ1) is 10.1. The number of benzene rings is 1. The molecule has 0 atom stereocenters. The van der Waals surface area contributed by atoms with E-state index in [0.717, 1.165) is 11.3 Å². The molecule has 0 aliphatic rings. The van der Waals surface area contributed by atoms with Gasteiger partial charge < -0.3 is 10.1 Å². The predicted octanol–water partition coefficient (Wildman–Crippen LogP) is 2.49. The van der Waals surface area contributed by atoms with Crippen LogP contribution in [0.4, 0.5) is 5.69 Å². The molecule has 5 heteroatoms. The van der Waals surface area contributed by atoms with Gasteiger partial charge in [0.25, 0.3) is 5.91 Å². The number of aryl methyl sites for hydroxylation is 2. The molecule has 0 unspecified atom stereocenters. The van der Waals surface area contributed by atoms with E-state index in [1.165, 1.54) is 6.20 Å². The van der Waals surface area contributed by atoms with E-state index in [0.29, 0.717) is 11.3 Å². The number of carbonyl (C=O) groups is 2. The van der Waals surface area contributed by atoms with Crippen LogP contribution < -0.4 is 5.32 Å². The van der Waals surface area contributed by atoms with Crippen LogP contribution >= 0.6 is 0 Å². The second kappa shape index (κ2) is 6.65. The number of hydrogen-bond donors (Lipinski definition) is 1. The van der Waals surface area contributed by atoms with Crippen molar-refractivity contribution in [3.8, 4) is 0 Å². The summed E-state index contributed by atoms with van der Waals surface area (Å²) in [5, 5.41) is 2.69. The summed E-state index contributed by atoms with van der Waals surface area (Å²) >= 11 is 0. The number of pyridine rings is 1. The zero-order chi connectivity index (χ0) is 15.2. The molecule has 0 radical (unpaired) electrons. The van der Waals surface area contributed by atoms with E-state index < -0.39 is 5.97 Å². The van der Waals surface area contributed by atoms with Crippen LogP contribution in [0.15, 0.2) is 42.6 Å². The number of carbonyl (C=O) groups excluding carboxylic acids is 2. The molecular formula is C16H16N2O3. The Bertz CT molecular complexity index is 651. The summed E-state index contributed by atoms with van der Waals surface area (Å²) in [6.45, 7) is 3.38. The Morgan fingerprint density at radius 3 is 2.57 bits per heavy atom. The maximum atomic E-state index is 11.8. The van der Waals surface area contributed by atoms with Crippen molar-refractivity contribution >= 4 is 17.6 Å². The van der Waals surface area contributed by atoms with Crippen LogP contribution in [-0.4, -0.2) is 23.5 Å². The maximum Gasteiger partial charge on any atom is 0.340 e. The molecule has 1 aromatic carbocycles. The molecule has 1 heterocycles. The van der Waals surface area contributed by atoms with E-state index in [1.807, 2.05) is 32.0 Å². The molecule has 0 bridgehead atoms. The molecule has 1 N–H and O–H groups in total. The minimum atomic E-state index is -0.567. The van der Waals surface area contributed by atoms with Crippen LogP contribution in [0.5, 0.6) is 0 Å². The molecule has 1 amide bonds. The largest absolute Gasteiger partial charge is 0.452 e. The Balaban J connectivity index is 1.88. The van der Waals surface area contributed by atoms with Crippen LogP contribution in [0.2, 0.25) is 0 Å². The first-order valence-corrected chi connectivity index (χ1v) is 6.51. The maximum absolute atomic E-state index is 11.8. The number of anilines is 1. The number of aromatic nitrogens is 1. The standard InChI is InChI=1S/C16H16N2O3/c1-11-5-3-4-6-14(11)18-15(19)10-21-16(20)13-8-7-12(2)17-9-13/h3-9H,10H2,1-2H3,(H,18,19). The topological polar surface area (TPSA) is 68.3 Å². The van der Waals surface area contributed by atoms with E-state index in [1.54, 1.807) is 18.2 Å². The normalized spacial score (nSPS) is 10.0. The SMILES string of the molecule is Cc1ccc(C(=O)OCC(=O)Nc2ccccc2C)cn1. The molecule has 0 saturated carbocycles. The van der Waals surface area contributed by atoms with Crippen LogP contribution in [0.3, 0.4) is 0 Å². The van der Waals surface area contributed by atoms with Gasteiger partial charge >= 0.3 is 5.97 Å². The zero-order valence-electron chi connectivity index (χ0n) is 11.9. The van der Waals surface area contributed by atoms with Gasteiger partial charge in [-0.3, -0.25) is 9.78 Å². The first kappa shape index (κ1) is 14.7. The van der Waals surface area contributed by atoms with Gasteiger partial charge in [-0.1, -0.05) is 18.2 Å². The average Bonchev–Trinajstić information content (AvgIpc) is 2.48. The molecule has 1 aromatic heterocycles. The van der Waals surface area contributed by atoms with Gasteiger partial charge in [0.05, 0.1) is 5.56 Å². The van der Waals surface area contributed by atoms with Crippen LogP contribution in [0.1, 0.15) is 21.6 Å². The zero-order valence-corrected chi connectivity index (χ0v) is 11.9. The van der Waals surface area contributed by atoms with Gasteiger partial charge in [-0.25, -0.2) is 4.79 Å². The number of hydrogen-bond acceptors (Lipinski definition) is 4. The lowest BCUT2D eigenvalue weighted by Crippen LogP contribution is -2.21. The highest BCUT2D eigenvalue weighted by Crippen LogP contribution is 2.12. The third kappa shape index (κ3) is 4.14. The molecule has 2 aromatic rings. The highest BCUT2D eigenvalue weighted by Gasteiger charge is 2.11. The van der Waals surface area contributed by atoms with Crippen molar-refractivity contribution in [2.75, 3.05) is 11.9 Å². The van der Waals surface area contributed by atoms with Gasteiger partial charge in [0.15, 0.2) is 6.61 Å². The molecule has 0 saturated heterocycles. The monoisotopic (exact) mass is 284 g/mol. The average molecular weight is 284 g/mol. The molecule has 0 aliphatic heterocycles. The van der Waals surface area contributed by atoms with E-state index >= 15 is 0 Å². The second-order valence-corrected chi connectivity index (χ2v) is 4.63. The molecule has 0 aliphatic carbocycles. The van der Waals surface area contributed by atoms with Crippen LogP contribution in [-0.2, 0) is 9.53 Å². The Kier molecular flexibility index (Phi) is 4.66. The van der Waals surface area contributed by atoms with Gasteiger partial charge in [-0.2, -0.15) is 0 Å². The van der Waals surface area contributed by atoms with Gasteiger partial charge in [0, 0.05) is 17.6 Å². The summed E-state index contributed by atoms with van der Waals surface area (Å²) < 4.78 is 4.95.